The summed E-state index contributed by atoms with van der Waals surface area (Å²) in [5.74, 6) is -1.45. The minimum atomic E-state index is -1.07. The van der Waals surface area contributed by atoms with Gasteiger partial charge in [0.1, 0.15) is 11.6 Å². The smallest absolute Gasteiger partial charge is 0.131 e. The van der Waals surface area contributed by atoms with Crippen molar-refractivity contribution in [3.05, 3.63) is 69.2 Å². The molecule has 0 amide bonds. The van der Waals surface area contributed by atoms with Crippen molar-refractivity contribution in [3.63, 3.8) is 0 Å². The Hall–Kier alpha value is -1.16. The second kappa shape index (κ2) is 5.87. The van der Waals surface area contributed by atoms with Crippen molar-refractivity contribution in [3.8, 4) is 0 Å². The molecule has 0 fully saturated rings. The molecule has 1 unspecified atom stereocenters. The van der Waals surface area contributed by atoms with Gasteiger partial charge in [0.15, 0.2) is 0 Å². The molecule has 2 aromatic rings. The predicted octanol–water partition coefficient (Wildman–Crippen LogP) is 4.55. The summed E-state index contributed by atoms with van der Waals surface area (Å²) < 4.78 is 26.3. The van der Waals surface area contributed by atoms with Gasteiger partial charge >= 0.3 is 0 Å². The Labute approximate surface area is 119 Å². The van der Waals surface area contributed by atoms with Gasteiger partial charge in [-0.05, 0) is 23.8 Å². The van der Waals surface area contributed by atoms with E-state index in [0.29, 0.717) is 15.6 Å². The van der Waals surface area contributed by atoms with Crippen LogP contribution >= 0.6 is 23.2 Å². The van der Waals surface area contributed by atoms with E-state index in [4.69, 9.17) is 23.2 Å². The zero-order chi connectivity index (χ0) is 14.0. The quantitative estimate of drug-likeness (QED) is 0.882. The van der Waals surface area contributed by atoms with Gasteiger partial charge in [-0.1, -0.05) is 35.3 Å². The van der Waals surface area contributed by atoms with Crippen LogP contribution < -0.4 is 0 Å². The molecule has 2 rings (SSSR count). The van der Waals surface area contributed by atoms with E-state index in [-0.39, 0.29) is 12.0 Å². The van der Waals surface area contributed by atoms with E-state index >= 15 is 0 Å². The molecular formula is C14H10Cl2F2O. The molecule has 0 spiro atoms. The highest BCUT2D eigenvalue weighted by Crippen LogP contribution is 2.26. The monoisotopic (exact) mass is 302 g/mol. The molecule has 100 valence electrons. The molecule has 2 aromatic carbocycles. The molecule has 0 saturated heterocycles. The lowest BCUT2D eigenvalue weighted by Gasteiger charge is -2.12. The zero-order valence-corrected chi connectivity index (χ0v) is 11.2. The molecular weight excluding hydrogens is 293 g/mol. The van der Waals surface area contributed by atoms with Gasteiger partial charge in [-0.15, -0.1) is 0 Å². The maximum absolute atomic E-state index is 13.5. The van der Waals surface area contributed by atoms with Crippen LogP contribution in [0, 0.1) is 11.6 Å². The summed E-state index contributed by atoms with van der Waals surface area (Å²) in [7, 11) is 0. The van der Waals surface area contributed by atoms with Gasteiger partial charge in [-0.2, -0.15) is 0 Å². The first-order valence-electron chi connectivity index (χ1n) is 5.54. The van der Waals surface area contributed by atoms with Crippen LogP contribution in [0.5, 0.6) is 0 Å². The van der Waals surface area contributed by atoms with E-state index in [2.05, 4.69) is 0 Å². The van der Waals surface area contributed by atoms with Gasteiger partial charge in [-0.25, -0.2) is 8.78 Å². The number of aliphatic hydroxyl groups excluding tert-OH is 1. The molecule has 0 heterocycles. The summed E-state index contributed by atoms with van der Waals surface area (Å²) in [4.78, 5) is 0. The average molecular weight is 303 g/mol. The second-order valence-electron chi connectivity index (χ2n) is 4.13. The fraction of sp³-hybridized carbons (Fsp3) is 0.143. The highest BCUT2D eigenvalue weighted by atomic mass is 35.5. The van der Waals surface area contributed by atoms with Crippen LogP contribution in [0.1, 0.15) is 17.2 Å². The summed E-state index contributed by atoms with van der Waals surface area (Å²) in [5.41, 5.74) is 0.762. The van der Waals surface area contributed by atoms with Crippen LogP contribution in [0.25, 0.3) is 0 Å². The molecule has 0 aromatic heterocycles. The maximum atomic E-state index is 13.5. The van der Waals surface area contributed by atoms with Crippen LogP contribution in [0.2, 0.25) is 10.0 Å². The Balaban J connectivity index is 2.20. The zero-order valence-electron chi connectivity index (χ0n) is 9.71. The first kappa shape index (κ1) is 14.3. The van der Waals surface area contributed by atoms with E-state index in [1.54, 1.807) is 18.2 Å². The highest BCUT2D eigenvalue weighted by molar-refractivity contribution is 6.42. The molecule has 0 aliphatic carbocycles. The molecule has 1 nitrogen and oxygen atoms in total. The van der Waals surface area contributed by atoms with Crippen LogP contribution in [-0.4, -0.2) is 5.11 Å². The molecule has 0 radical (unpaired) electrons. The largest absolute Gasteiger partial charge is 0.388 e. The number of rotatable bonds is 3. The Kier molecular flexibility index (Phi) is 4.40. The third-order valence-electron chi connectivity index (χ3n) is 2.73. The lowest BCUT2D eigenvalue weighted by molar-refractivity contribution is 0.173. The van der Waals surface area contributed by atoms with E-state index in [0.717, 1.165) is 12.1 Å². The van der Waals surface area contributed by atoms with Crippen molar-refractivity contribution >= 4 is 23.2 Å². The molecule has 19 heavy (non-hydrogen) atoms. The molecule has 1 atom stereocenters. The fourth-order valence-corrected chi connectivity index (χ4v) is 2.09. The predicted molar refractivity (Wildman–Crippen MR) is 71.5 cm³/mol. The van der Waals surface area contributed by atoms with Gasteiger partial charge < -0.3 is 5.11 Å². The molecule has 1 N–H and O–H groups in total. The average Bonchev–Trinajstić information content (AvgIpc) is 2.33. The Morgan fingerprint density at radius 2 is 1.74 bits per heavy atom. The Morgan fingerprint density at radius 3 is 2.37 bits per heavy atom. The van der Waals surface area contributed by atoms with Crippen LogP contribution in [-0.2, 0) is 6.42 Å². The third-order valence-corrected chi connectivity index (χ3v) is 3.47. The SMILES string of the molecule is OC(Cc1ccc(Cl)c(Cl)c1)c1ccc(F)cc1F. The first-order chi connectivity index (χ1) is 8.97. The highest BCUT2D eigenvalue weighted by Gasteiger charge is 2.14. The first-order valence-corrected chi connectivity index (χ1v) is 6.30. The molecule has 0 saturated carbocycles. The normalized spacial score (nSPS) is 12.5. The number of hydrogen-bond donors (Lipinski definition) is 1. The van der Waals surface area contributed by atoms with Crippen molar-refractivity contribution in [2.24, 2.45) is 0 Å². The van der Waals surface area contributed by atoms with Crippen molar-refractivity contribution in [1.29, 1.82) is 0 Å². The third kappa shape index (κ3) is 3.44. The van der Waals surface area contributed by atoms with Crippen molar-refractivity contribution in [2.75, 3.05) is 0 Å². The minimum Gasteiger partial charge on any atom is -0.388 e. The molecule has 0 aliphatic heterocycles. The lowest BCUT2D eigenvalue weighted by Crippen LogP contribution is -2.04. The van der Waals surface area contributed by atoms with Gasteiger partial charge in [0, 0.05) is 18.1 Å². The number of halogens is 4. The van der Waals surface area contributed by atoms with E-state index in [1.165, 1.54) is 6.07 Å². The van der Waals surface area contributed by atoms with E-state index < -0.39 is 17.7 Å². The summed E-state index contributed by atoms with van der Waals surface area (Å²) >= 11 is 11.6. The fourth-order valence-electron chi connectivity index (χ4n) is 1.77. The number of aliphatic hydroxyl groups is 1. The van der Waals surface area contributed by atoms with Gasteiger partial charge in [-0.3, -0.25) is 0 Å². The van der Waals surface area contributed by atoms with Crippen LogP contribution in [0.15, 0.2) is 36.4 Å². The van der Waals surface area contributed by atoms with Crippen LogP contribution in [0.4, 0.5) is 8.78 Å². The molecule has 0 bridgehead atoms. The van der Waals surface area contributed by atoms with E-state index in [1.807, 2.05) is 0 Å². The summed E-state index contributed by atoms with van der Waals surface area (Å²) in [5, 5.41) is 10.7. The second-order valence-corrected chi connectivity index (χ2v) is 4.95. The van der Waals surface area contributed by atoms with Crippen molar-refractivity contribution in [1.82, 2.24) is 0 Å². The van der Waals surface area contributed by atoms with Gasteiger partial charge in [0.2, 0.25) is 0 Å². The molecule has 0 aliphatic rings. The van der Waals surface area contributed by atoms with Crippen LogP contribution in [0.3, 0.4) is 0 Å². The molecule has 5 heteroatoms. The Morgan fingerprint density at radius 1 is 1.00 bits per heavy atom. The Bertz CT molecular complexity index is 602. The summed E-state index contributed by atoms with van der Waals surface area (Å²) in [6, 6.07) is 7.98. The standard InChI is InChI=1S/C14H10Cl2F2O/c15-11-4-1-8(5-12(11)16)6-14(19)10-3-2-9(17)7-13(10)18/h1-5,7,14,19H,6H2. The van der Waals surface area contributed by atoms with Crippen molar-refractivity contribution in [2.45, 2.75) is 12.5 Å². The number of benzene rings is 2. The lowest BCUT2D eigenvalue weighted by atomic mass is 10.0. The van der Waals surface area contributed by atoms with Gasteiger partial charge in [0.05, 0.1) is 16.1 Å². The maximum Gasteiger partial charge on any atom is 0.131 e. The minimum absolute atomic E-state index is 0.0486. The number of hydrogen-bond acceptors (Lipinski definition) is 1. The summed E-state index contributed by atoms with van der Waals surface area (Å²) in [6.45, 7) is 0. The summed E-state index contributed by atoms with van der Waals surface area (Å²) in [6.07, 6.45) is -0.905. The topological polar surface area (TPSA) is 20.2 Å². The van der Waals surface area contributed by atoms with Crippen molar-refractivity contribution < 1.29 is 13.9 Å². The van der Waals surface area contributed by atoms with E-state index in [9.17, 15) is 13.9 Å². The van der Waals surface area contributed by atoms with Gasteiger partial charge in [0.25, 0.3) is 0 Å².